The van der Waals surface area contributed by atoms with Crippen LogP contribution in [0.3, 0.4) is 0 Å². The smallest absolute Gasteiger partial charge is 0.374 e. The standard InChI is InChI=1S/C15H16N2O8S/c1-22-9-3-4-11(23-2)10(7-9)17-13(18)8-24-15(19)12-5-6-14(25-12)26(16,20)21/h3-7H,8H2,1-2H3,(H,17,18)(H2,16,20,21). The minimum Gasteiger partial charge on any atom is -0.497 e. The molecular formula is C15H16N2O8S. The first-order valence-electron chi connectivity index (χ1n) is 7.06. The minimum atomic E-state index is -4.08. The first-order valence-corrected chi connectivity index (χ1v) is 8.61. The van der Waals surface area contributed by atoms with Crippen LogP contribution in [0.5, 0.6) is 11.5 Å². The average Bonchev–Trinajstić information content (AvgIpc) is 3.10. The molecule has 3 N–H and O–H groups in total. The summed E-state index contributed by atoms with van der Waals surface area (Å²) in [5.41, 5.74) is 0.322. The molecule has 0 aliphatic heterocycles. The van der Waals surface area contributed by atoms with Gasteiger partial charge in [0.2, 0.25) is 10.9 Å². The second-order valence-corrected chi connectivity index (χ2v) is 6.35. The van der Waals surface area contributed by atoms with Gasteiger partial charge in [-0.1, -0.05) is 0 Å². The number of carbonyl (C=O) groups excluding carboxylic acids is 2. The van der Waals surface area contributed by atoms with Crippen molar-refractivity contribution in [2.45, 2.75) is 5.09 Å². The van der Waals surface area contributed by atoms with Crippen molar-refractivity contribution in [2.75, 3.05) is 26.1 Å². The quantitative estimate of drug-likeness (QED) is 0.664. The Morgan fingerprint density at radius 1 is 1.15 bits per heavy atom. The van der Waals surface area contributed by atoms with E-state index in [-0.39, 0.29) is 0 Å². The van der Waals surface area contributed by atoms with Crippen molar-refractivity contribution in [1.29, 1.82) is 0 Å². The summed E-state index contributed by atoms with van der Waals surface area (Å²) in [6.45, 7) is -0.634. The van der Waals surface area contributed by atoms with Gasteiger partial charge in [-0.25, -0.2) is 18.4 Å². The Bertz CT molecular complexity index is 919. The number of primary sulfonamides is 1. The van der Waals surface area contributed by atoms with Gasteiger partial charge in [-0.3, -0.25) is 4.79 Å². The van der Waals surface area contributed by atoms with Crippen molar-refractivity contribution in [3.63, 3.8) is 0 Å². The van der Waals surface area contributed by atoms with E-state index in [4.69, 9.17) is 23.8 Å². The third-order valence-corrected chi connectivity index (χ3v) is 3.86. The number of nitrogens with two attached hydrogens (primary N) is 1. The van der Waals surface area contributed by atoms with Crippen LogP contribution in [0.25, 0.3) is 0 Å². The molecule has 1 aromatic carbocycles. The molecule has 0 bridgehead atoms. The molecule has 1 amide bonds. The first-order chi connectivity index (χ1) is 12.2. The molecule has 0 aliphatic carbocycles. The summed E-state index contributed by atoms with van der Waals surface area (Å²) in [5, 5.41) is 6.79. The monoisotopic (exact) mass is 384 g/mol. The van der Waals surface area contributed by atoms with E-state index in [0.29, 0.717) is 17.2 Å². The molecule has 0 spiro atoms. The van der Waals surface area contributed by atoms with Gasteiger partial charge in [0.25, 0.3) is 15.9 Å². The highest BCUT2D eigenvalue weighted by Gasteiger charge is 2.19. The molecule has 0 saturated carbocycles. The maximum atomic E-state index is 11.9. The maximum absolute atomic E-state index is 11.9. The number of amides is 1. The van der Waals surface area contributed by atoms with Crippen molar-refractivity contribution in [1.82, 2.24) is 0 Å². The molecular weight excluding hydrogens is 368 g/mol. The molecule has 140 valence electrons. The van der Waals surface area contributed by atoms with Crippen LogP contribution in [-0.4, -0.2) is 41.1 Å². The Labute approximate surface area is 148 Å². The number of furan rings is 1. The fourth-order valence-corrected chi connectivity index (χ4v) is 2.35. The molecule has 10 nitrogen and oxygen atoms in total. The molecule has 26 heavy (non-hydrogen) atoms. The van der Waals surface area contributed by atoms with Crippen molar-refractivity contribution in [3.05, 3.63) is 36.1 Å². The minimum absolute atomic E-state index is 0.322. The van der Waals surface area contributed by atoms with Crippen molar-refractivity contribution < 1.29 is 36.6 Å². The van der Waals surface area contributed by atoms with Gasteiger partial charge in [-0.15, -0.1) is 0 Å². The van der Waals surface area contributed by atoms with Gasteiger partial charge in [0.05, 0.1) is 19.9 Å². The maximum Gasteiger partial charge on any atom is 0.374 e. The lowest BCUT2D eigenvalue weighted by molar-refractivity contribution is -0.119. The summed E-state index contributed by atoms with van der Waals surface area (Å²) in [4.78, 5) is 23.7. The highest BCUT2D eigenvalue weighted by atomic mass is 32.2. The van der Waals surface area contributed by atoms with E-state index in [2.05, 4.69) is 5.32 Å². The van der Waals surface area contributed by atoms with Crippen LogP contribution in [0.15, 0.2) is 39.8 Å². The number of nitrogens with one attached hydrogen (secondary N) is 1. The van der Waals surface area contributed by atoms with Crippen LogP contribution < -0.4 is 19.9 Å². The van der Waals surface area contributed by atoms with Crippen molar-refractivity contribution in [3.8, 4) is 11.5 Å². The number of rotatable bonds is 7. The number of hydrogen-bond donors (Lipinski definition) is 2. The van der Waals surface area contributed by atoms with Gasteiger partial charge < -0.3 is 23.9 Å². The average molecular weight is 384 g/mol. The molecule has 1 heterocycles. The van der Waals surface area contributed by atoms with E-state index in [1.807, 2.05) is 0 Å². The van der Waals surface area contributed by atoms with E-state index >= 15 is 0 Å². The SMILES string of the molecule is COc1ccc(OC)c(NC(=O)COC(=O)c2ccc(S(N)(=O)=O)o2)c1. The number of carbonyl (C=O) groups is 2. The molecule has 0 fully saturated rings. The van der Waals surface area contributed by atoms with Crippen LogP contribution in [0.2, 0.25) is 0 Å². The zero-order valence-corrected chi connectivity index (χ0v) is 14.7. The predicted octanol–water partition coefficient (Wildman–Crippen LogP) is 0.740. The molecule has 0 saturated heterocycles. The van der Waals surface area contributed by atoms with Crippen LogP contribution >= 0.6 is 0 Å². The van der Waals surface area contributed by atoms with Crippen LogP contribution in [0.4, 0.5) is 5.69 Å². The van der Waals surface area contributed by atoms with E-state index in [1.165, 1.54) is 20.3 Å². The highest BCUT2D eigenvalue weighted by molar-refractivity contribution is 7.89. The van der Waals surface area contributed by atoms with E-state index in [1.54, 1.807) is 12.1 Å². The Morgan fingerprint density at radius 3 is 2.46 bits per heavy atom. The number of benzene rings is 1. The third kappa shape index (κ3) is 4.74. The van der Waals surface area contributed by atoms with E-state index in [0.717, 1.165) is 12.1 Å². The van der Waals surface area contributed by atoms with E-state index in [9.17, 15) is 18.0 Å². The normalized spacial score (nSPS) is 10.9. The summed E-state index contributed by atoms with van der Waals surface area (Å²) in [7, 11) is -1.19. The lowest BCUT2D eigenvalue weighted by Crippen LogP contribution is -2.21. The Morgan fingerprint density at radius 2 is 1.88 bits per heavy atom. The van der Waals surface area contributed by atoms with Gasteiger partial charge in [-0.2, -0.15) is 0 Å². The zero-order valence-electron chi connectivity index (χ0n) is 13.8. The van der Waals surface area contributed by atoms with Gasteiger partial charge in [0, 0.05) is 6.07 Å². The fraction of sp³-hybridized carbons (Fsp3) is 0.200. The molecule has 0 radical (unpaired) electrons. The molecule has 2 rings (SSSR count). The summed E-state index contributed by atoms with van der Waals surface area (Å²) < 4.78 is 41.9. The number of hydrogen-bond acceptors (Lipinski definition) is 8. The van der Waals surface area contributed by atoms with Gasteiger partial charge in [-0.05, 0) is 24.3 Å². The third-order valence-electron chi connectivity index (χ3n) is 3.08. The van der Waals surface area contributed by atoms with Crippen LogP contribution in [0.1, 0.15) is 10.6 Å². The molecule has 0 atom stereocenters. The lowest BCUT2D eigenvalue weighted by atomic mass is 10.2. The van der Waals surface area contributed by atoms with Crippen molar-refractivity contribution >= 4 is 27.6 Å². The van der Waals surface area contributed by atoms with Crippen LogP contribution in [0, 0.1) is 0 Å². The number of anilines is 1. The Hall–Kier alpha value is -3.05. The first kappa shape index (κ1) is 19.3. The Kier molecular flexibility index (Phi) is 5.85. The summed E-state index contributed by atoms with van der Waals surface area (Å²) in [5.74, 6) is -1.20. The zero-order chi connectivity index (χ0) is 19.3. The van der Waals surface area contributed by atoms with Gasteiger partial charge >= 0.3 is 5.97 Å². The number of sulfonamides is 1. The number of ether oxygens (including phenoxy) is 3. The fourth-order valence-electron chi connectivity index (χ4n) is 1.88. The summed E-state index contributed by atoms with van der Waals surface area (Å²) in [6.07, 6.45) is 0. The molecule has 0 unspecified atom stereocenters. The summed E-state index contributed by atoms with van der Waals surface area (Å²) >= 11 is 0. The number of methoxy groups -OCH3 is 2. The molecule has 11 heteroatoms. The van der Waals surface area contributed by atoms with Crippen LogP contribution in [-0.2, 0) is 19.6 Å². The van der Waals surface area contributed by atoms with Gasteiger partial charge in [0.15, 0.2) is 6.61 Å². The lowest BCUT2D eigenvalue weighted by Gasteiger charge is -2.11. The number of esters is 1. The molecule has 2 aromatic rings. The predicted molar refractivity (Wildman–Crippen MR) is 88.5 cm³/mol. The Balaban J connectivity index is 1.98. The molecule has 1 aromatic heterocycles. The van der Waals surface area contributed by atoms with E-state index < -0.39 is 39.4 Å². The largest absolute Gasteiger partial charge is 0.497 e. The summed E-state index contributed by atoms with van der Waals surface area (Å²) in [6, 6.07) is 6.86. The van der Waals surface area contributed by atoms with Gasteiger partial charge in [0.1, 0.15) is 11.5 Å². The van der Waals surface area contributed by atoms with Crippen molar-refractivity contribution in [2.24, 2.45) is 5.14 Å². The second-order valence-electron chi connectivity index (χ2n) is 4.85. The molecule has 0 aliphatic rings. The topological polar surface area (TPSA) is 147 Å². The second kappa shape index (κ2) is 7.89. The highest BCUT2D eigenvalue weighted by Crippen LogP contribution is 2.28.